The molecule has 1 aromatic carbocycles. The Labute approximate surface area is 206 Å². The van der Waals surface area contributed by atoms with E-state index in [-0.39, 0.29) is 35.6 Å². The van der Waals surface area contributed by atoms with Crippen LogP contribution in [0.3, 0.4) is 0 Å². The monoisotopic (exact) mass is 491 g/mol. The number of piperazine rings is 1. The van der Waals surface area contributed by atoms with E-state index in [9.17, 15) is 14.4 Å². The van der Waals surface area contributed by atoms with Crippen LogP contribution in [0, 0.1) is 5.92 Å². The molecule has 3 amide bonds. The van der Waals surface area contributed by atoms with Crippen molar-refractivity contribution in [3.63, 3.8) is 0 Å². The highest BCUT2D eigenvalue weighted by Gasteiger charge is 2.38. The Morgan fingerprint density at radius 2 is 1.82 bits per heavy atom. The lowest BCUT2D eigenvalue weighted by atomic mass is 10.1. The summed E-state index contributed by atoms with van der Waals surface area (Å²) < 4.78 is 5.48. The molecule has 1 aromatic rings. The molecule has 34 heavy (non-hydrogen) atoms. The summed E-state index contributed by atoms with van der Waals surface area (Å²) in [5.74, 6) is -0.914. The van der Waals surface area contributed by atoms with Gasteiger partial charge in [-0.05, 0) is 45.9 Å². The summed E-state index contributed by atoms with van der Waals surface area (Å²) in [5.41, 5.74) is 4.16. The minimum atomic E-state index is -0.566. The van der Waals surface area contributed by atoms with Crippen molar-refractivity contribution in [3.8, 4) is 0 Å². The number of benzene rings is 1. The summed E-state index contributed by atoms with van der Waals surface area (Å²) >= 11 is 6.14. The molecule has 0 aromatic heterocycles. The summed E-state index contributed by atoms with van der Waals surface area (Å²) in [4.78, 5) is 42.3. The molecule has 0 saturated carbocycles. The third-order valence-electron chi connectivity index (χ3n) is 5.52. The summed E-state index contributed by atoms with van der Waals surface area (Å²) in [7, 11) is 0. The van der Waals surface area contributed by atoms with Crippen LogP contribution in [0.1, 0.15) is 41.5 Å². The van der Waals surface area contributed by atoms with Crippen molar-refractivity contribution in [2.24, 2.45) is 5.92 Å². The second-order valence-corrected chi connectivity index (χ2v) is 10.3. The highest BCUT2D eigenvalue weighted by molar-refractivity contribution is 6.31. The van der Waals surface area contributed by atoms with Crippen molar-refractivity contribution >= 4 is 35.2 Å². The van der Waals surface area contributed by atoms with Crippen molar-refractivity contribution in [2.75, 3.05) is 31.2 Å². The molecule has 1 saturated heterocycles. The SMILES string of the molecule is CC(C)C(=O)NC1=C(N2CCN(C(=O)OC(C)(C)C)CC2)C(C)NN(c2cccc(Cl)c2)C1=O. The summed E-state index contributed by atoms with van der Waals surface area (Å²) in [5, 5.41) is 4.77. The Balaban J connectivity index is 1.88. The molecular weight excluding hydrogens is 458 g/mol. The van der Waals surface area contributed by atoms with Gasteiger partial charge >= 0.3 is 6.09 Å². The lowest BCUT2D eigenvalue weighted by Crippen LogP contribution is -2.60. The van der Waals surface area contributed by atoms with Gasteiger partial charge in [-0.15, -0.1) is 0 Å². The molecule has 1 atom stereocenters. The van der Waals surface area contributed by atoms with E-state index in [4.69, 9.17) is 16.3 Å². The van der Waals surface area contributed by atoms with Gasteiger partial charge in [-0.3, -0.25) is 9.59 Å². The van der Waals surface area contributed by atoms with Crippen LogP contribution < -0.4 is 15.8 Å². The first-order valence-electron chi connectivity index (χ1n) is 11.5. The maximum Gasteiger partial charge on any atom is 0.410 e. The Morgan fingerprint density at radius 3 is 2.38 bits per heavy atom. The van der Waals surface area contributed by atoms with Gasteiger partial charge in [0, 0.05) is 37.1 Å². The van der Waals surface area contributed by atoms with Crippen molar-refractivity contribution in [1.82, 2.24) is 20.5 Å². The molecule has 10 heteroatoms. The van der Waals surface area contributed by atoms with Gasteiger partial charge in [0.1, 0.15) is 11.3 Å². The summed E-state index contributed by atoms with van der Waals surface area (Å²) in [6, 6.07) is 6.67. The van der Waals surface area contributed by atoms with Crippen LogP contribution in [-0.4, -0.2) is 65.5 Å². The first-order chi connectivity index (χ1) is 15.9. The van der Waals surface area contributed by atoms with Gasteiger partial charge in [0.15, 0.2) is 0 Å². The molecule has 1 fully saturated rings. The van der Waals surface area contributed by atoms with Gasteiger partial charge in [0.05, 0.1) is 17.4 Å². The molecule has 9 nitrogen and oxygen atoms in total. The number of carbonyl (C=O) groups is 3. The van der Waals surface area contributed by atoms with E-state index in [2.05, 4.69) is 10.7 Å². The summed E-state index contributed by atoms with van der Waals surface area (Å²) in [6.07, 6.45) is -0.354. The van der Waals surface area contributed by atoms with E-state index in [0.717, 1.165) is 0 Å². The molecule has 0 radical (unpaired) electrons. The molecule has 2 aliphatic rings. The van der Waals surface area contributed by atoms with Crippen LogP contribution >= 0.6 is 11.6 Å². The molecule has 186 valence electrons. The van der Waals surface area contributed by atoms with E-state index >= 15 is 0 Å². The highest BCUT2D eigenvalue weighted by Crippen LogP contribution is 2.27. The number of hydrogen-bond acceptors (Lipinski definition) is 6. The fourth-order valence-corrected chi connectivity index (χ4v) is 4.02. The van der Waals surface area contributed by atoms with Gasteiger partial charge in [-0.25, -0.2) is 15.2 Å². The molecule has 2 aliphatic heterocycles. The van der Waals surface area contributed by atoms with E-state index in [1.165, 1.54) is 5.01 Å². The smallest absolute Gasteiger partial charge is 0.410 e. The van der Waals surface area contributed by atoms with Crippen molar-refractivity contribution in [1.29, 1.82) is 0 Å². The van der Waals surface area contributed by atoms with E-state index < -0.39 is 5.60 Å². The zero-order valence-corrected chi connectivity index (χ0v) is 21.4. The number of carbonyl (C=O) groups excluding carboxylic acids is 3. The van der Waals surface area contributed by atoms with Gasteiger partial charge in [0.2, 0.25) is 5.91 Å². The quantitative estimate of drug-likeness (QED) is 0.672. The van der Waals surface area contributed by atoms with Crippen LogP contribution in [0.15, 0.2) is 35.7 Å². The van der Waals surface area contributed by atoms with Crippen LogP contribution in [0.4, 0.5) is 10.5 Å². The average Bonchev–Trinajstić information content (AvgIpc) is 2.75. The van der Waals surface area contributed by atoms with Gasteiger partial charge in [-0.1, -0.05) is 31.5 Å². The maximum absolute atomic E-state index is 13.6. The predicted molar refractivity (Wildman–Crippen MR) is 131 cm³/mol. The topological polar surface area (TPSA) is 94.2 Å². The third-order valence-corrected chi connectivity index (χ3v) is 5.75. The normalized spacial score (nSPS) is 19.6. The fourth-order valence-electron chi connectivity index (χ4n) is 3.83. The zero-order chi connectivity index (χ0) is 25.2. The molecular formula is C24H34ClN5O4. The highest BCUT2D eigenvalue weighted by atomic mass is 35.5. The largest absolute Gasteiger partial charge is 0.444 e. The number of anilines is 1. The van der Waals surface area contributed by atoms with Gasteiger partial charge in [-0.2, -0.15) is 0 Å². The van der Waals surface area contributed by atoms with Crippen LogP contribution in [0.5, 0.6) is 0 Å². The van der Waals surface area contributed by atoms with Crippen LogP contribution in [-0.2, 0) is 14.3 Å². The molecule has 2 N–H and O–H groups in total. The minimum Gasteiger partial charge on any atom is -0.444 e. The van der Waals surface area contributed by atoms with Crippen LogP contribution in [0.2, 0.25) is 5.02 Å². The standard InChI is InChI=1S/C24H34ClN5O4/c1-15(2)21(31)26-19-20(28-10-12-29(13-11-28)23(33)34-24(4,5)6)16(3)27-30(22(19)32)18-9-7-8-17(25)14-18/h7-9,14-16,27H,10-13H2,1-6H3,(H,26,31). The predicted octanol–water partition coefficient (Wildman–Crippen LogP) is 3.12. The molecule has 0 spiro atoms. The molecule has 2 heterocycles. The fraction of sp³-hybridized carbons (Fsp3) is 0.542. The second kappa shape index (κ2) is 10.2. The maximum atomic E-state index is 13.6. The Hall–Kier alpha value is -2.78. The number of amides is 3. The third kappa shape index (κ3) is 6.01. The number of hydrazine groups is 1. The number of halogens is 1. The van der Waals surface area contributed by atoms with Gasteiger partial charge < -0.3 is 19.9 Å². The lowest BCUT2D eigenvalue weighted by Gasteiger charge is -2.43. The Kier molecular flexibility index (Phi) is 7.77. The zero-order valence-electron chi connectivity index (χ0n) is 20.6. The minimum absolute atomic E-state index is 0.232. The molecule has 3 rings (SSSR count). The van der Waals surface area contributed by atoms with Crippen molar-refractivity contribution in [2.45, 2.75) is 53.2 Å². The van der Waals surface area contributed by atoms with E-state index in [0.29, 0.717) is 42.6 Å². The Bertz CT molecular complexity index is 980. The number of ether oxygens (including phenoxy) is 1. The lowest BCUT2D eigenvalue weighted by molar-refractivity contribution is -0.125. The van der Waals surface area contributed by atoms with Crippen LogP contribution in [0.25, 0.3) is 0 Å². The first-order valence-corrected chi connectivity index (χ1v) is 11.9. The molecule has 0 bridgehead atoms. The second-order valence-electron chi connectivity index (χ2n) is 9.83. The average molecular weight is 492 g/mol. The van der Waals surface area contributed by atoms with Crippen molar-refractivity contribution in [3.05, 3.63) is 40.7 Å². The van der Waals surface area contributed by atoms with E-state index in [1.807, 2.05) is 32.6 Å². The van der Waals surface area contributed by atoms with E-state index in [1.54, 1.807) is 43.0 Å². The molecule has 1 unspecified atom stereocenters. The molecule has 0 aliphatic carbocycles. The number of rotatable bonds is 4. The number of nitrogens with zero attached hydrogens (tertiary/aromatic N) is 3. The summed E-state index contributed by atoms with van der Waals surface area (Å²) in [6.45, 7) is 12.9. The number of hydrogen-bond donors (Lipinski definition) is 2. The first kappa shape index (κ1) is 25.8. The van der Waals surface area contributed by atoms with Crippen molar-refractivity contribution < 1.29 is 19.1 Å². The Morgan fingerprint density at radius 1 is 1.18 bits per heavy atom. The number of nitrogens with one attached hydrogen (secondary N) is 2. The van der Waals surface area contributed by atoms with Gasteiger partial charge in [0.25, 0.3) is 5.91 Å².